The summed E-state index contributed by atoms with van der Waals surface area (Å²) >= 11 is 0. The highest BCUT2D eigenvalue weighted by Crippen LogP contribution is 2.44. The molecule has 0 aromatic carbocycles. The van der Waals surface area contributed by atoms with Crippen LogP contribution in [0.15, 0.2) is 12.2 Å². The number of ether oxygens (including phenoxy) is 2. The molecule has 0 radical (unpaired) electrons. The van der Waals surface area contributed by atoms with Gasteiger partial charge in [0.1, 0.15) is 12.7 Å². The minimum absolute atomic E-state index is 0.00844. The molecule has 0 amide bonds. The smallest absolute Gasteiger partial charge is 0.462 e. The maximum Gasteiger partial charge on any atom is 0.472 e. The Kier molecular flexibility index (Phi) is 32.3. The maximum absolute atomic E-state index is 12.8. The van der Waals surface area contributed by atoms with Crippen LogP contribution < -0.4 is 0 Å². The first-order valence-electron chi connectivity index (χ1n) is 22.6. The van der Waals surface area contributed by atoms with Crippen LogP contribution in [-0.4, -0.2) is 104 Å². The molecule has 0 heterocycles. The summed E-state index contributed by atoms with van der Waals surface area (Å²) in [6, 6.07) is 0. The molecule has 0 aromatic heterocycles. The van der Waals surface area contributed by atoms with Crippen molar-refractivity contribution < 1.29 is 76.9 Å². The highest BCUT2D eigenvalue weighted by molar-refractivity contribution is 7.47. The van der Waals surface area contributed by atoms with E-state index in [2.05, 4.69) is 22.9 Å². The molecule has 1 unspecified atom stereocenters. The summed E-state index contributed by atoms with van der Waals surface area (Å²) in [5, 5.41) is 41.2. The van der Waals surface area contributed by atoms with Crippen molar-refractivity contribution in [3.8, 4) is 0 Å². The second-order valence-corrected chi connectivity index (χ2v) is 19.0. The lowest BCUT2D eigenvalue weighted by Crippen LogP contribution is -2.30. The van der Waals surface area contributed by atoms with E-state index in [4.69, 9.17) is 23.8 Å². The second-order valence-electron chi connectivity index (χ2n) is 16.3. The monoisotopic (exact) mass is 902 g/mol. The number of unbranched alkanes of at least 4 members (excludes halogenated alkanes) is 17. The number of esters is 2. The predicted molar refractivity (Wildman–Crippen MR) is 227 cm³/mol. The number of rotatable bonds is 39. The number of carbonyl (C=O) groups excluding carboxylic acids is 2. The van der Waals surface area contributed by atoms with Crippen LogP contribution in [-0.2, 0) is 41.8 Å². The quantitative estimate of drug-likeness (QED) is 0.0135. The summed E-state index contributed by atoms with van der Waals surface area (Å²) < 4.78 is 47.8. The summed E-state index contributed by atoms with van der Waals surface area (Å²) in [5.74, 6) is -1.55. The van der Waals surface area contributed by atoms with Crippen molar-refractivity contribution in [2.45, 2.75) is 205 Å². The van der Waals surface area contributed by atoms with Gasteiger partial charge in [-0.3, -0.25) is 23.2 Å². The number of phosphoric ester groups is 2. The van der Waals surface area contributed by atoms with E-state index in [-0.39, 0.29) is 31.1 Å². The van der Waals surface area contributed by atoms with Crippen molar-refractivity contribution in [2.24, 2.45) is 11.8 Å². The fourth-order valence-corrected chi connectivity index (χ4v) is 8.42. The molecule has 60 heavy (non-hydrogen) atoms. The van der Waals surface area contributed by atoms with Crippen LogP contribution in [0.5, 0.6) is 0 Å². The van der Waals surface area contributed by atoms with Gasteiger partial charge in [0.2, 0.25) is 0 Å². The fraction of sp³-hybridized carbons (Fsp3) is 0.905. The lowest BCUT2D eigenvalue weighted by Gasteiger charge is -2.21. The second kappa shape index (κ2) is 34.2. The van der Waals surface area contributed by atoms with Gasteiger partial charge in [-0.2, -0.15) is 0 Å². The van der Waals surface area contributed by atoms with Gasteiger partial charge in [-0.15, -0.1) is 0 Å². The molecule has 16 nitrogen and oxygen atoms in total. The van der Waals surface area contributed by atoms with E-state index in [0.29, 0.717) is 32.1 Å². The molecule has 1 saturated carbocycles. The third-order valence-electron chi connectivity index (χ3n) is 10.7. The Bertz CT molecular complexity index is 1230. The van der Waals surface area contributed by atoms with Gasteiger partial charge in [0.05, 0.1) is 38.1 Å². The molecule has 0 spiro atoms. The normalized spacial score (nSPS) is 20.9. The van der Waals surface area contributed by atoms with Gasteiger partial charge in [0.25, 0.3) is 0 Å². The molecule has 1 rings (SSSR count). The highest BCUT2D eigenvalue weighted by atomic mass is 31.2. The zero-order chi connectivity index (χ0) is 44.7. The average Bonchev–Trinajstić information content (AvgIpc) is 3.46. The van der Waals surface area contributed by atoms with E-state index in [1.165, 1.54) is 57.8 Å². The number of hydrogen-bond acceptors (Lipinski definition) is 13. The predicted octanol–water partition coefficient (Wildman–Crippen LogP) is 7.72. The SMILES string of the molecule is CCCCCCCCCCCCCCCC(=O)OC[C@H](COP(=O)(O)OC[C@@H](O)COP(=O)(O)O)OC(=O)CCCCCC[C@@H]1[C@@H](/C=C/[C@@H](O)CCCCC)[C@H](O)C[C@@H]1O. The van der Waals surface area contributed by atoms with Crippen molar-refractivity contribution in [3.05, 3.63) is 12.2 Å². The van der Waals surface area contributed by atoms with E-state index in [0.717, 1.165) is 51.4 Å². The standard InChI is InChI=1S/C42H80O16P2/c1-3-5-7-8-9-10-11-12-13-14-15-16-21-25-41(47)54-32-36(33-57-60(52,53)56-31-35(44)30-55-59(49,50)51)58-42(48)26-22-18-17-20-24-37-38(40(46)29-39(37)45)28-27-34(43)23-19-6-4-2/h27-28,34-40,43-46H,3-26,29-33H2,1-2H3,(H,52,53)(H2,49,50,51)/b28-27+/t34-,35-,36+,37+,38+,39-,40+/m0/s1. The van der Waals surface area contributed by atoms with Crippen LogP contribution in [0.3, 0.4) is 0 Å². The van der Waals surface area contributed by atoms with Crippen molar-refractivity contribution >= 4 is 27.6 Å². The fourth-order valence-electron chi connectivity index (χ4n) is 7.27. The van der Waals surface area contributed by atoms with Gasteiger partial charge < -0.3 is 44.6 Å². The van der Waals surface area contributed by atoms with Gasteiger partial charge in [-0.25, -0.2) is 9.13 Å². The summed E-state index contributed by atoms with van der Waals surface area (Å²) in [5.41, 5.74) is 0. The number of phosphoric acid groups is 2. The summed E-state index contributed by atoms with van der Waals surface area (Å²) in [6.07, 6.45) is 21.2. The molecule has 7 N–H and O–H groups in total. The molecule has 8 atom stereocenters. The topological polar surface area (TPSA) is 256 Å². The maximum atomic E-state index is 12.8. The van der Waals surface area contributed by atoms with E-state index < -0.39 is 84.5 Å². The van der Waals surface area contributed by atoms with Crippen LogP contribution >= 0.6 is 15.6 Å². The van der Waals surface area contributed by atoms with E-state index in [1.54, 1.807) is 6.08 Å². The third kappa shape index (κ3) is 30.7. The van der Waals surface area contributed by atoms with E-state index in [9.17, 15) is 44.0 Å². The first kappa shape index (κ1) is 56.8. The third-order valence-corrected chi connectivity index (χ3v) is 12.2. The minimum atomic E-state index is -4.89. The van der Waals surface area contributed by atoms with Crippen molar-refractivity contribution in [1.82, 2.24) is 0 Å². The lowest BCUT2D eigenvalue weighted by atomic mass is 9.88. The Morgan fingerprint density at radius 3 is 1.72 bits per heavy atom. The first-order chi connectivity index (χ1) is 28.6. The Labute approximate surface area is 359 Å². The van der Waals surface area contributed by atoms with Crippen molar-refractivity contribution in [1.29, 1.82) is 0 Å². The Morgan fingerprint density at radius 2 is 1.13 bits per heavy atom. The molecule has 354 valence electrons. The Hall–Kier alpha value is -1.26. The molecule has 1 aliphatic carbocycles. The molecular weight excluding hydrogens is 822 g/mol. The van der Waals surface area contributed by atoms with Gasteiger partial charge in [-0.05, 0) is 31.6 Å². The molecule has 0 bridgehead atoms. The molecule has 1 fully saturated rings. The van der Waals surface area contributed by atoms with E-state index in [1.807, 2.05) is 6.08 Å². The largest absolute Gasteiger partial charge is 0.472 e. The summed E-state index contributed by atoms with van der Waals surface area (Å²) in [7, 11) is -9.75. The highest BCUT2D eigenvalue weighted by Gasteiger charge is 2.39. The molecular formula is C42H80O16P2. The van der Waals surface area contributed by atoms with Crippen LogP contribution in [0.2, 0.25) is 0 Å². The number of aliphatic hydroxyl groups excluding tert-OH is 4. The van der Waals surface area contributed by atoms with Gasteiger partial charge in [0.15, 0.2) is 6.10 Å². The Balaban J connectivity index is 2.54. The van der Waals surface area contributed by atoms with Gasteiger partial charge in [-0.1, -0.05) is 142 Å². The van der Waals surface area contributed by atoms with E-state index >= 15 is 0 Å². The molecule has 1 aliphatic rings. The Morgan fingerprint density at radius 1 is 0.633 bits per heavy atom. The summed E-state index contributed by atoms with van der Waals surface area (Å²) in [6.45, 7) is 1.43. The number of carbonyl (C=O) groups is 2. The molecule has 0 aliphatic heterocycles. The zero-order valence-corrected chi connectivity index (χ0v) is 38.2. The van der Waals surface area contributed by atoms with Crippen LogP contribution in [0.1, 0.15) is 174 Å². The van der Waals surface area contributed by atoms with Gasteiger partial charge in [0, 0.05) is 25.2 Å². The minimum Gasteiger partial charge on any atom is -0.462 e. The molecule has 0 aromatic rings. The average molecular weight is 903 g/mol. The lowest BCUT2D eigenvalue weighted by molar-refractivity contribution is -0.161. The van der Waals surface area contributed by atoms with Crippen LogP contribution in [0, 0.1) is 11.8 Å². The van der Waals surface area contributed by atoms with Crippen LogP contribution in [0.4, 0.5) is 0 Å². The number of hydrogen-bond donors (Lipinski definition) is 7. The van der Waals surface area contributed by atoms with Crippen LogP contribution in [0.25, 0.3) is 0 Å². The van der Waals surface area contributed by atoms with Gasteiger partial charge >= 0.3 is 27.6 Å². The van der Waals surface area contributed by atoms with Crippen molar-refractivity contribution in [2.75, 3.05) is 26.4 Å². The molecule has 0 saturated heterocycles. The molecule has 18 heteroatoms. The zero-order valence-electron chi connectivity index (χ0n) is 36.4. The summed E-state index contributed by atoms with van der Waals surface area (Å²) in [4.78, 5) is 52.9. The van der Waals surface area contributed by atoms with Crippen molar-refractivity contribution in [3.63, 3.8) is 0 Å². The number of aliphatic hydroxyl groups is 4. The first-order valence-corrected chi connectivity index (χ1v) is 25.7.